The number of aliphatic hydroxyl groups excluding tert-OH is 1. The fraction of sp³-hybridized carbons (Fsp3) is 0.571. The molecule has 17 heavy (non-hydrogen) atoms. The summed E-state index contributed by atoms with van der Waals surface area (Å²) < 4.78 is 5.60. The van der Waals surface area contributed by atoms with Crippen LogP contribution in [0.4, 0.5) is 0 Å². The lowest BCUT2D eigenvalue weighted by Gasteiger charge is -2.23. The van der Waals surface area contributed by atoms with E-state index in [1.807, 2.05) is 32.0 Å². The van der Waals surface area contributed by atoms with Crippen molar-refractivity contribution in [2.45, 2.75) is 45.8 Å². The normalized spacial score (nSPS) is 16.4. The van der Waals surface area contributed by atoms with Crippen LogP contribution in [0.15, 0.2) is 18.2 Å². The maximum Gasteiger partial charge on any atom is 0.125 e. The molecule has 1 aromatic rings. The maximum absolute atomic E-state index is 9.88. The van der Waals surface area contributed by atoms with Gasteiger partial charge in [0, 0.05) is 5.56 Å². The van der Waals surface area contributed by atoms with Crippen molar-refractivity contribution < 1.29 is 14.9 Å². The average molecular weight is 238 g/mol. The quantitative estimate of drug-likeness (QED) is 0.829. The zero-order chi connectivity index (χ0) is 13.1. The van der Waals surface area contributed by atoms with Crippen molar-refractivity contribution in [2.24, 2.45) is 0 Å². The number of aryl methyl sites for hydroxylation is 1. The molecule has 0 radical (unpaired) electrons. The van der Waals surface area contributed by atoms with E-state index in [2.05, 4.69) is 0 Å². The Balaban J connectivity index is 2.84. The lowest BCUT2D eigenvalue weighted by molar-refractivity contribution is 0.00746. The van der Waals surface area contributed by atoms with Gasteiger partial charge in [-0.2, -0.15) is 0 Å². The first-order chi connectivity index (χ1) is 7.85. The molecule has 0 saturated heterocycles. The molecule has 1 unspecified atom stereocenters. The predicted molar refractivity (Wildman–Crippen MR) is 68.2 cm³/mol. The summed E-state index contributed by atoms with van der Waals surface area (Å²) in [5, 5.41) is 19.6. The molecule has 0 spiro atoms. The van der Waals surface area contributed by atoms with Crippen LogP contribution in [0.25, 0.3) is 0 Å². The van der Waals surface area contributed by atoms with Crippen molar-refractivity contribution in [1.29, 1.82) is 0 Å². The van der Waals surface area contributed by atoms with E-state index >= 15 is 0 Å². The minimum Gasteiger partial charge on any atom is -0.490 e. The van der Waals surface area contributed by atoms with Crippen molar-refractivity contribution in [3.63, 3.8) is 0 Å². The van der Waals surface area contributed by atoms with Gasteiger partial charge >= 0.3 is 0 Å². The second kappa shape index (κ2) is 5.52. The number of hydrogen-bond acceptors (Lipinski definition) is 3. The topological polar surface area (TPSA) is 49.7 Å². The van der Waals surface area contributed by atoms with E-state index in [-0.39, 0.29) is 6.61 Å². The van der Waals surface area contributed by atoms with Crippen LogP contribution in [0.5, 0.6) is 5.75 Å². The third-order valence-corrected chi connectivity index (χ3v) is 2.92. The van der Waals surface area contributed by atoms with Gasteiger partial charge in [0.2, 0.25) is 0 Å². The molecule has 0 aliphatic carbocycles. The second-order valence-corrected chi connectivity index (χ2v) is 4.86. The number of aliphatic hydroxyl groups is 2. The Hall–Kier alpha value is -1.06. The number of benzene rings is 1. The molecule has 96 valence electrons. The van der Waals surface area contributed by atoms with Gasteiger partial charge in [-0.05, 0) is 39.3 Å². The van der Waals surface area contributed by atoms with Crippen LogP contribution in [-0.4, -0.2) is 22.4 Å². The SMILES string of the molecule is CCC(C)(O)COc1ccc(C)cc1[C@H](C)O. The summed E-state index contributed by atoms with van der Waals surface area (Å²) in [5.74, 6) is 0.638. The lowest BCUT2D eigenvalue weighted by atomic mass is 10.0. The van der Waals surface area contributed by atoms with Crippen LogP contribution in [0, 0.1) is 6.92 Å². The van der Waals surface area contributed by atoms with Crippen LogP contribution < -0.4 is 4.74 Å². The summed E-state index contributed by atoms with van der Waals surface area (Å²) in [6.07, 6.45) is 0.0551. The van der Waals surface area contributed by atoms with Crippen LogP contribution in [0.1, 0.15) is 44.4 Å². The Bertz CT molecular complexity index is 370. The molecule has 2 atom stereocenters. The first-order valence-corrected chi connectivity index (χ1v) is 5.99. The molecule has 0 aliphatic rings. The highest BCUT2D eigenvalue weighted by atomic mass is 16.5. The Morgan fingerprint density at radius 3 is 2.59 bits per heavy atom. The maximum atomic E-state index is 9.88. The molecule has 1 aromatic carbocycles. The average Bonchev–Trinajstić information content (AvgIpc) is 2.27. The Labute approximate surface area is 103 Å². The monoisotopic (exact) mass is 238 g/mol. The van der Waals surface area contributed by atoms with E-state index in [4.69, 9.17) is 4.74 Å². The third-order valence-electron chi connectivity index (χ3n) is 2.92. The molecule has 0 aliphatic heterocycles. The van der Waals surface area contributed by atoms with Gasteiger partial charge in [0.15, 0.2) is 0 Å². The summed E-state index contributed by atoms with van der Waals surface area (Å²) in [7, 11) is 0. The third kappa shape index (κ3) is 4.02. The highest BCUT2D eigenvalue weighted by Gasteiger charge is 2.19. The van der Waals surface area contributed by atoms with E-state index < -0.39 is 11.7 Å². The lowest BCUT2D eigenvalue weighted by Crippen LogP contribution is -2.31. The smallest absolute Gasteiger partial charge is 0.125 e. The van der Waals surface area contributed by atoms with Gasteiger partial charge in [-0.25, -0.2) is 0 Å². The van der Waals surface area contributed by atoms with Crippen molar-refractivity contribution in [1.82, 2.24) is 0 Å². The Kier molecular flexibility index (Phi) is 4.54. The minimum absolute atomic E-state index is 0.228. The summed E-state index contributed by atoms with van der Waals surface area (Å²) >= 11 is 0. The fourth-order valence-corrected chi connectivity index (χ4v) is 1.46. The first-order valence-electron chi connectivity index (χ1n) is 5.99. The Morgan fingerprint density at radius 2 is 2.06 bits per heavy atom. The fourth-order valence-electron chi connectivity index (χ4n) is 1.46. The molecule has 2 N–H and O–H groups in total. The van der Waals surface area contributed by atoms with Gasteiger partial charge < -0.3 is 14.9 Å². The van der Waals surface area contributed by atoms with E-state index in [9.17, 15) is 10.2 Å². The molecular weight excluding hydrogens is 216 g/mol. The summed E-state index contributed by atoms with van der Waals surface area (Å²) in [5.41, 5.74) is 1.01. The zero-order valence-electron chi connectivity index (χ0n) is 11.0. The molecule has 3 heteroatoms. The van der Waals surface area contributed by atoms with Gasteiger partial charge in [0.25, 0.3) is 0 Å². The standard InChI is InChI=1S/C14H22O3/c1-5-14(4,16)9-17-13-7-6-10(2)8-12(13)11(3)15/h6-8,11,15-16H,5,9H2,1-4H3/t11-,14?/m0/s1. The van der Waals surface area contributed by atoms with Gasteiger partial charge in [-0.1, -0.05) is 18.6 Å². The van der Waals surface area contributed by atoms with Gasteiger partial charge in [0.1, 0.15) is 12.4 Å². The molecule has 0 saturated carbocycles. The van der Waals surface area contributed by atoms with E-state index in [0.29, 0.717) is 12.2 Å². The number of hydrogen-bond donors (Lipinski definition) is 2. The molecule has 0 heterocycles. The highest BCUT2D eigenvalue weighted by molar-refractivity contribution is 5.38. The van der Waals surface area contributed by atoms with E-state index in [1.165, 1.54) is 0 Å². The van der Waals surface area contributed by atoms with Gasteiger partial charge in [-0.15, -0.1) is 0 Å². The minimum atomic E-state index is -0.832. The molecule has 1 rings (SSSR count). The second-order valence-electron chi connectivity index (χ2n) is 4.86. The predicted octanol–water partition coefficient (Wildman–Crippen LogP) is 2.59. The summed E-state index contributed by atoms with van der Waals surface area (Å²) in [6.45, 7) is 7.56. The summed E-state index contributed by atoms with van der Waals surface area (Å²) in [6, 6.07) is 5.67. The van der Waals surface area contributed by atoms with Crippen molar-refractivity contribution in [3.8, 4) is 5.75 Å². The molecule has 0 bridgehead atoms. The van der Waals surface area contributed by atoms with Crippen LogP contribution in [-0.2, 0) is 0 Å². The van der Waals surface area contributed by atoms with Crippen LogP contribution in [0.3, 0.4) is 0 Å². The summed E-state index contributed by atoms with van der Waals surface area (Å²) in [4.78, 5) is 0. The number of rotatable bonds is 5. The number of ether oxygens (including phenoxy) is 1. The first kappa shape index (κ1) is 14.0. The van der Waals surface area contributed by atoms with E-state index in [0.717, 1.165) is 11.1 Å². The highest BCUT2D eigenvalue weighted by Crippen LogP contribution is 2.27. The molecule has 3 nitrogen and oxygen atoms in total. The zero-order valence-corrected chi connectivity index (χ0v) is 11.0. The molecule has 0 aromatic heterocycles. The van der Waals surface area contributed by atoms with Crippen molar-refractivity contribution in [3.05, 3.63) is 29.3 Å². The molecule has 0 fully saturated rings. The van der Waals surface area contributed by atoms with Crippen molar-refractivity contribution >= 4 is 0 Å². The van der Waals surface area contributed by atoms with E-state index in [1.54, 1.807) is 13.8 Å². The molecule has 0 amide bonds. The van der Waals surface area contributed by atoms with Gasteiger partial charge in [-0.3, -0.25) is 0 Å². The van der Waals surface area contributed by atoms with Crippen molar-refractivity contribution in [2.75, 3.05) is 6.61 Å². The van der Waals surface area contributed by atoms with Gasteiger partial charge in [0.05, 0.1) is 11.7 Å². The Morgan fingerprint density at radius 1 is 1.41 bits per heavy atom. The largest absolute Gasteiger partial charge is 0.490 e. The molecular formula is C14H22O3. The van der Waals surface area contributed by atoms with Crippen LogP contribution >= 0.6 is 0 Å². The van der Waals surface area contributed by atoms with Crippen LogP contribution in [0.2, 0.25) is 0 Å².